The molecule has 1 aliphatic rings. The van der Waals surface area contributed by atoms with Crippen LogP contribution >= 0.6 is 0 Å². The lowest BCUT2D eigenvalue weighted by Gasteiger charge is -2.35. The Morgan fingerprint density at radius 3 is 2.50 bits per heavy atom. The van der Waals surface area contributed by atoms with E-state index in [1.165, 1.54) is 57.9 Å². The van der Waals surface area contributed by atoms with Crippen molar-refractivity contribution in [1.29, 1.82) is 0 Å². The number of hydrogen-bond donors (Lipinski definition) is 1. The summed E-state index contributed by atoms with van der Waals surface area (Å²) >= 11 is 0. The first kappa shape index (κ1) is 16.0. The van der Waals surface area contributed by atoms with Crippen LogP contribution in [-0.2, 0) is 0 Å². The maximum absolute atomic E-state index is 3.66. The van der Waals surface area contributed by atoms with Crippen molar-refractivity contribution in [2.24, 2.45) is 17.8 Å². The van der Waals surface area contributed by atoms with Crippen molar-refractivity contribution in [2.45, 2.75) is 85.1 Å². The zero-order chi connectivity index (χ0) is 13.4. The average molecular weight is 253 g/mol. The first-order chi connectivity index (χ1) is 8.63. The fourth-order valence-corrected chi connectivity index (χ4v) is 3.40. The smallest absolute Gasteiger partial charge is 0.00104 e. The van der Waals surface area contributed by atoms with Crippen molar-refractivity contribution >= 4 is 0 Å². The fourth-order valence-electron chi connectivity index (χ4n) is 3.40. The first-order valence-electron chi connectivity index (χ1n) is 8.36. The molecule has 0 bridgehead atoms. The van der Waals surface area contributed by atoms with Gasteiger partial charge in [-0.1, -0.05) is 66.2 Å². The van der Waals surface area contributed by atoms with Crippen molar-refractivity contribution in [1.82, 2.24) is 5.32 Å². The second-order valence-corrected chi connectivity index (χ2v) is 6.85. The zero-order valence-corrected chi connectivity index (χ0v) is 13.2. The summed E-state index contributed by atoms with van der Waals surface area (Å²) in [6.07, 6.45) is 11.6. The molecule has 0 amide bonds. The average Bonchev–Trinajstić information content (AvgIpc) is 2.33. The first-order valence-corrected chi connectivity index (χ1v) is 8.36. The number of nitrogens with one attached hydrogen (secondary N) is 1. The highest BCUT2D eigenvalue weighted by Crippen LogP contribution is 2.36. The van der Waals surface area contributed by atoms with E-state index in [2.05, 4.69) is 33.0 Å². The van der Waals surface area contributed by atoms with Crippen LogP contribution in [0.3, 0.4) is 0 Å². The molecule has 1 saturated carbocycles. The van der Waals surface area contributed by atoms with Gasteiger partial charge in [-0.2, -0.15) is 0 Å². The van der Waals surface area contributed by atoms with Crippen LogP contribution in [0, 0.1) is 17.8 Å². The Hall–Kier alpha value is -0.0400. The molecule has 1 heteroatoms. The van der Waals surface area contributed by atoms with Crippen LogP contribution in [0.15, 0.2) is 0 Å². The lowest BCUT2D eigenvalue weighted by molar-refractivity contribution is 0.169. The van der Waals surface area contributed by atoms with Crippen LogP contribution in [0.5, 0.6) is 0 Å². The van der Waals surface area contributed by atoms with E-state index in [9.17, 15) is 0 Å². The zero-order valence-electron chi connectivity index (χ0n) is 13.2. The minimum absolute atomic E-state index is 0.644. The van der Waals surface area contributed by atoms with Crippen molar-refractivity contribution in [2.75, 3.05) is 6.54 Å². The maximum atomic E-state index is 3.66. The third-order valence-electron chi connectivity index (χ3n) is 4.62. The molecule has 3 unspecified atom stereocenters. The normalized spacial score (nSPS) is 28.8. The van der Waals surface area contributed by atoms with Crippen LogP contribution in [-0.4, -0.2) is 12.6 Å². The minimum atomic E-state index is 0.644. The molecule has 18 heavy (non-hydrogen) atoms. The van der Waals surface area contributed by atoms with Crippen LogP contribution in [0.4, 0.5) is 0 Å². The highest BCUT2D eigenvalue weighted by Gasteiger charge is 2.27. The van der Waals surface area contributed by atoms with Gasteiger partial charge in [-0.05, 0) is 37.1 Å². The molecule has 0 saturated heterocycles. The lowest BCUT2D eigenvalue weighted by Crippen LogP contribution is -2.35. The van der Waals surface area contributed by atoms with Gasteiger partial charge in [-0.3, -0.25) is 0 Å². The van der Waals surface area contributed by atoms with Gasteiger partial charge in [0.15, 0.2) is 0 Å². The molecule has 0 aromatic rings. The van der Waals surface area contributed by atoms with E-state index < -0.39 is 0 Å². The largest absolute Gasteiger partial charge is 0.314 e. The molecule has 0 radical (unpaired) electrons. The van der Waals surface area contributed by atoms with Gasteiger partial charge < -0.3 is 5.32 Å². The summed E-state index contributed by atoms with van der Waals surface area (Å²) in [7, 11) is 0. The summed E-state index contributed by atoms with van der Waals surface area (Å²) in [5, 5.41) is 3.66. The van der Waals surface area contributed by atoms with Gasteiger partial charge in [0.05, 0.1) is 0 Å². The summed E-state index contributed by atoms with van der Waals surface area (Å²) in [5.74, 6) is 2.92. The van der Waals surface area contributed by atoms with E-state index in [1.54, 1.807) is 0 Å². The predicted molar refractivity (Wildman–Crippen MR) is 81.9 cm³/mol. The highest BCUT2D eigenvalue weighted by molar-refractivity contribution is 4.80. The molecular weight excluding hydrogens is 218 g/mol. The second kappa shape index (κ2) is 8.96. The summed E-state index contributed by atoms with van der Waals surface area (Å²) in [6, 6.07) is 0.644. The molecule has 0 spiro atoms. The summed E-state index contributed by atoms with van der Waals surface area (Å²) < 4.78 is 0. The Morgan fingerprint density at radius 1 is 1.06 bits per heavy atom. The molecule has 1 fully saturated rings. The van der Waals surface area contributed by atoms with Crippen LogP contribution in [0.1, 0.15) is 79.1 Å². The predicted octanol–water partition coefficient (Wildman–Crippen LogP) is 5.01. The van der Waals surface area contributed by atoms with Gasteiger partial charge in [-0.25, -0.2) is 0 Å². The van der Waals surface area contributed by atoms with Gasteiger partial charge in [0, 0.05) is 6.04 Å². The molecule has 108 valence electrons. The van der Waals surface area contributed by atoms with E-state index in [-0.39, 0.29) is 0 Å². The van der Waals surface area contributed by atoms with E-state index in [4.69, 9.17) is 0 Å². The van der Waals surface area contributed by atoms with Gasteiger partial charge in [-0.15, -0.1) is 0 Å². The minimum Gasteiger partial charge on any atom is -0.314 e. The molecule has 3 atom stereocenters. The Balaban J connectivity index is 2.31. The Morgan fingerprint density at radius 2 is 1.83 bits per heavy atom. The van der Waals surface area contributed by atoms with Gasteiger partial charge in [0.2, 0.25) is 0 Å². The molecule has 1 nitrogen and oxygen atoms in total. The molecule has 0 heterocycles. The van der Waals surface area contributed by atoms with E-state index in [0.717, 1.165) is 17.8 Å². The maximum Gasteiger partial charge on any atom is 0.00104 e. The van der Waals surface area contributed by atoms with Crippen molar-refractivity contribution in [3.8, 4) is 0 Å². The molecule has 1 N–H and O–H groups in total. The van der Waals surface area contributed by atoms with Crippen molar-refractivity contribution in [3.63, 3.8) is 0 Å². The van der Waals surface area contributed by atoms with E-state index in [0.29, 0.717) is 6.04 Å². The Labute approximate surface area is 115 Å². The monoisotopic (exact) mass is 253 g/mol. The Kier molecular flexibility index (Phi) is 7.97. The highest BCUT2D eigenvalue weighted by atomic mass is 14.9. The summed E-state index contributed by atoms with van der Waals surface area (Å²) in [4.78, 5) is 0. The quantitative estimate of drug-likeness (QED) is 0.600. The number of unbranched alkanes of at least 4 members (excludes halogenated alkanes) is 3. The Bertz CT molecular complexity index is 200. The van der Waals surface area contributed by atoms with Crippen LogP contribution < -0.4 is 5.32 Å². The van der Waals surface area contributed by atoms with Crippen molar-refractivity contribution < 1.29 is 0 Å². The summed E-state index contributed by atoms with van der Waals surface area (Å²) in [5.41, 5.74) is 0. The SMILES string of the molecule is CCCCCCC1CC(C)CCC1CNC(C)C. The summed E-state index contributed by atoms with van der Waals surface area (Å²) in [6.45, 7) is 10.5. The van der Waals surface area contributed by atoms with Crippen LogP contribution in [0.25, 0.3) is 0 Å². The van der Waals surface area contributed by atoms with Gasteiger partial charge >= 0.3 is 0 Å². The molecular formula is C17H35N. The standard InChI is InChI=1S/C17H35N/c1-5-6-7-8-9-16-12-15(4)10-11-17(16)13-18-14(2)3/h14-18H,5-13H2,1-4H3. The molecule has 1 aliphatic carbocycles. The van der Waals surface area contributed by atoms with Crippen molar-refractivity contribution in [3.05, 3.63) is 0 Å². The topological polar surface area (TPSA) is 12.0 Å². The number of hydrogen-bond acceptors (Lipinski definition) is 1. The number of rotatable bonds is 8. The van der Waals surface area contributed by atoms with E-state index >= 15 is 0 Å². The molecule has 0 aromatic carbocycles. The van der Waals surface area contributed by atoms with Gasteiger partial charge in [0.1, 0.15) is 0 Å². The molecule has 0 aliphatic heterocycles. The molecule has 0 aromatic heterocycles. The van der Waals surface area contributed by atoms with E-state index in [1.807, 2.05) is 0 Å². The lowest BCUT2D eigenvalue weighted by atomic mass is 9.72. The third-order valence-corrected chi connectivity index (χ3v) is 4.62. The fraction of sp³-hybridized carbons (Fsp3) is 1.00. The van der Waals surface area contributed by atoms with Crippen LogP contribution in [0.2, 0.25) is 0 Å². The third kappa shape index (κ3) is 6.22. The van der Waals surface area contributed by atoms with Gasteiger partial charge in [0.25, 0.3) is 0 Å². The molecule has 1 rings (SSSR count). The second-order valence-electron chi connectivity index (χ2n) is 6.85.